The molecule has 0 saturated heterocycles. The Balaban J connectivity index is 1.31. The molecule has 4 aromatic rings. The summed E-state index contributed by atoms with van der Waals surface area (Å²) in [5, 5.41) is 18.5. The second-order valence-corrected chi connectivity index (χ2v) is 10.6. The number of nitrogens with zero attached hydrogens (tertiary/aromatic N) is 3. The molecular formula is C30H33FN4O3. The van der Waals surface area contributed by atoms with Gasteiger partial charge in [0.1, 0.15) is 11.6 Å². The summed E-state index contributed by atoms with van der Waals surface area (Å²) in [6.07, 6.45) is 6.65. The van der Waals surface area contributed by atoms with E-state index in [1.54, 1.807) is 31.6 Å². The van der Waals surface area contributed by atoms with Crippen LogP contribution in [0.5, 0.6) is 5.75 Å². The number of aromatic nitrogens is 3. The number of nitrogens with one attached hydrogen (secondary N) is 1. The largest absolute Gasteiger partial charge is 0.497 e. The molecule has 2 heterocycles. The van der Waals surface area contributed by atoms with Gasteiger partial charge in [0.15, 0.2) is 0 Å². The van der Waals surface area contributed by atoms with Crippen LogP contribution >= 0.6 is 0 Å². The number of amides is 1. The van der Waals surface area contributed by atoms with Crippen molar-refractivity contribution in [1.82, 2.24) is 20.1 Å². The first-order valence-electron chi connectivity index (χ1n) is 13.0. The lowest BCUT2D eigenvalue weighted by Crippen LogP contribution is -2.41. The van der Waals surface area contributed by atoms with Gasteiger partial charge in [0.2, 0.25) is 0 Å². The van der Waals surface area contributed by atoms with Gasteiger partial charge in [-0.25, -0.2) is 4.39 Å². The fourth-order valence-corrected chi connectivity index (χ4v) is 5.31. The molecule has 1 fully saturated rings. The summed E-state index contributed by atoms with van der Waals surface area (Å²) in [5.41, 5.74) is 2.27. The number of methoxy groups -OCH3 is 1. The fourth-order valence-electron chi connectivity index (χ4n) is 5.31. The van der Waals surface area contributed by atoms with Gasteiger partial charge >= 0.3 is 0 Å². The first kappa shape index (κ1) is 25.9. The number of benzene rings is 2. The Morgan fingerprint density at radius 2 is 1.87 bits per heavy atom. The lowest BCUT2D eigenvalue weighted by atomic mass is 9.77. The van der Waals surface area contributed by atoms with Gasteiger partial charge in [0.25, 0.3) is 5.91 Å². The van der Waals surface area contributed by atoms with Crippen molar-refractivity contribution in [3.63, 3.8) is 0 Å². The SMILES string of the molecule is COc1ccc(Cn2ncc3c(-c4ccc(C(=O)N[C@H]5CC[C@H](C(C)(C)O)CC5)cc4F)nccc32)cc1. The number of carbonyl (C=O) groups is 1. The van der Waals surface area contributed by atoms with Gasteiger partial charge in [-0.1, -0.05) is 12.1 Å². The molecule has 0 bridgehead atoms. The van der Waals surface area contributed by atoms with E-state index in [0.717, 1.165) is 47.9 Å². The molecule has 1 aliphatic rings. The van der Waals surface area contributed by atoms with Crippen molar-refractivity contribution >= 4 is 16.8 Å². The van der Waals surface area contributed by atoms with Crippen LogP contribution in [0.4, 0.5) is 4.39 Å². The molecule has 0 spiro atoms. The van der Waals surface area contributed by atoms with Gasteiger partial charge in [0, 0.05) is 28.8 Å². The zero-order valence-corrected chi connectivity index (χ0v) is 21.9. The number of fused-ring (bicyclic) bond motifs is 1. The van der Waals surface area contributed by atoms with Crippen molar-refractivity contribution < 1.29 is 19.0 Å². The van der Waals surface area contributed by atoms with Crippen molar-refractivity contribution in [1.29, 1.82) is 0 Å². The van der Waals surface area contributed by atoms with E-state index in [1.165, 1.54) is 6.07 Å². The van der Waals surface area contributed by atoms with Crippen molar-refractivity contribution in [2.24, 2.45) is 5.92 Å². The predicted octanol–water partition coefficient (Wildman–Crippen LogP) is 5.35. The molecule has 1 saturated carbocycles. The van der Waals surface area contributed by atoms with Crippen LogP contribution < -0.4 is 10.1 Å². The minimum absolute atomic E-state index is 0.0239. The molecule has 1 amide bonds. The molecule has 0 radical (unpaired) electrons. The standard InChI is InChI=1S/C30H33FN4O3/c1-30(2,37)21-7-9-22(10-8-21)34-29(36)20-6-13-24(26(31)16-20)28-25-17-33-35(27(25)14-15-32-28)18-19-4-11-23(38-3)12-5-19/h4-6,11-17,21-22,37H,7-10,18H2,1-3H3,(H,34,36)/t21-,22-. The van der Waals surface area contributed by atoms with Gasteiger partial charge in [-0.3, -0.25) is 14.5 Å². The van der Waals surface area contributed by atoms with Crippen LogP contribution in [0.15, 0.2) is 60.9 Å². The predicted molar refractivity (Wildman–Crippen MR) is 145 cm³/mol. The highest BCUT2D eigenvalue weighted by Gasteiger charge is 2.32. The van der Waals surface area contributed by atoms with Crippen LogP contribution in [-0.2, 0) is 6.54 Å². The maximum Gasteiger partial charge on any atom is 0.251 e. The van der Waals surface area contributed by atoms with Gasteiger partial charge < -0.3 is 15.2 Å². The highest BCUT2D eigenvalue weighted by atomic mass is 19.1. The Morgan fingerprint density at radius 1 is 1.13 bits per heavy atom. The minimum atomic E-state index is -0.711. The smallest absolute Gasteiger partial charge is 0.251 e. The van der Waals surface area contributed by atoms with E-state index in [2.05, 4.69) is 15.4 Å². The molecule has 2 N–H and O–H groups in total. The Morgan fingerprint density at radius 3 is 2.53 bits per heavy atom. The Labute approximate surface area is 221 Å². The molecule has 5 rings (SSSR count). The summed E-state index contributed by atoms with van der Waals surface area (Å²) in [6, 6.07) is 14.2. The summed E-state index contributed by atoms with van der Waals surface area (Å²) in [5.74, 6) is 0.214. The normalized spacial score (nSPS) is 17.9. The second kappa shape index (κ2) is 10.5. The average molecular weight is 517 g/mol. The number of pyridine rings is 1. The molecule has 8 heteroatoms. The highest BCUT2D eigenvalue weighted by Crippen LogP contribution is 2.33. The fraction of sp³-hybridized carbons (Fsp3) is 0.367. The monoisotopic (exact) mass is 516 g/mol. The summed E-state index contributed by atoms with van der Waals surface area (Å²) in [4.78, 5) is 17.3. The van der Waals surface area contributed by atoms with Crippen LogP contribution in [0.3, 0.4) is 0 Å². The van der Waals surface area contributed by atoms with E-state index in [1.807, 2.05) is 48.9 Å². The van der Waals surface area contributed by atoms with E-state index in [9.17, 15) is 9.90 Å². The second-order valence-electron chi connectivity index (χ2n) is 10.6. The molecular weight excluding hydrogens is 483 g/mol. The third-order valence-corrected chi connectivity index (χ3v) is 7.61. The van der Waals surface area contributed by atoms with Gasteiger partial charge in [-0.15, -0.1) is 0 Å². The van der Waals surface area contributed by atoms with E-state index < -0.39 is 11.4 Å². The zero-order valence-electron chi connectivity index (χ0n) is 21.9. The van der Waals surface area contributed by atoms with Crippen LogP contribution in [0.1, 0.15) is 55.5 Å². The van der Waals surface area contributed by atoms with Crippen LogP contribution in [0.25, 0.3) is 22.2 Å². The molecule has 2 aromatic heterocycles. The maximum atomic E-state index is 15.3. The third kappa shape index (κ3) is 5.41. The molecule has 1 aliphatic carbocycles. The first-order valence-corrected chi connectivity index (χ1v) is 13.0. The number of halogens is 1. The van der Waals surface area contributed by atoms with Crippen molar-refractivity contribution in [2.45, 2.75) is 57.7 Å². The summed E-state index contributed by atoms with van der Waals surface area (Å²) in [7, 11) is 1.63. The van der Waals surface area contributed by atoms with Gasteiger partial charge in [0.05, 0.1) is 36.7 Å². The number of hydrogen-bond acceptors (Lipinski definition) is 5. The molecule has 0 atom stereocenters. The average Bonchev–Trinajstić information content (AvgIpc) is 3.32. The zero-order chi connectivity index (χ0) is 26.9. The third-order valence-electron chi connectivity index (χ3n) is 7.61. The number of aliphatic hydroxyl groups is 1. The lowest BCUT2D eigenvalue weighted by molar-refractivity contribution is -0.00257. The molecule has 0 unspecified atom stereocenters. The number of rotatable bonds is 7. The molecule has 2 aromatic carbocycles. The van der Waals surface area contributed by atoms with Gasteiger partial charge in [-0.05, 0) is 87.4 Å². The maximum absolute atomic E-state index is 15.3. The summed E-state index contributed by atoms with van der Waals surface area (Å²) < 4.78 is 22.4. The van der Waals surface area contributed by atoms with Gasteiger partial charge in [-0.2, -0.15) is 5.10 Å². The molecule has 198 valence electrons. The number of ether oxygens (including phenoxy) is 1. The quantitative estimate of drug-likeness (QED) is 0.346. The van der Waals surface area contributed by atoms with Crippen molar-refractivity contribution in [3.8, 4) is 17.0 Å². The summed E-state index contributed by atoms with van der Waals surface area (Å²) in [6.45, 7) is 4.22. The van der Waals surface area contributed by atoms with E-state index in [-0.39, 0.29) is 23.4 Å². The number of carbonyl (C=O) groups excluding carboxylic acids is 1. The Bertz CT molecular complexity index is 1430. The highest BCUT2D eigenvalue weighted by molar-refractivity contribution is 5.96. The Kier molecular flexibility index (Phi) is 7.17. The Hall–Kier alpha value is -3.78. The van der Waals surface area contributed by atoms with Crippen molar-refractivity contribution in [3.05, 3.63) is 77.9 Å². The topological polar surface area (TPSA) is 89.3 Å². The van der Waals surface area contributed by atoms with E-state index >= 15 is 4.39 Å². The van der Waals surface area contributed by atoms with Crippen molar-refractivity contribution in [2.75, 3.05) is 7.11 Å². The van der Waals surface area contributed by atoms with Crippen LogP contribution in [-0.4, -0.2) is 44.5 Å². The molecule has 38 heavy (non-hydrogen) atoms. The molecule has 0 aliphatic heterocycles. The molecule has 7 nitrogen and oxygen atoms in total. The summed E-state index contributed by atoms with van der Waals surface area (Å²) >= 11 is 0. The van der Waals surface area contributed by atoms with Crippen LogP contribution in [0, 0.1) is 11.7 Å². The first-order chi connectivity index (χ1) is 18.2. The lowest BCUT2D eigenvalue weighted by Gasteiger charge is -2.36. The minimum Gasteiger partial charge on any atom is -0.497 e. The van der Waals surface area contributed by atoms with E-state index in [4.69, 9.17) is 4.74 Å². The number of hydrogen-bond donors (Lipinski definition) is 2. The van der Waals surface area contributed by atoms with E-state index in [0.29, 0.717) is 17.8 Å². The van der Waals surface area contributed by atoms with Crippen LogP contribution in [0.2, 0.25) is 0 Å².